The highest BCUT2D eigenvalue weighted by atomic mass is 19.1. The van der Waals surface area contributed by atoms with Crippen molar-refractivity contribution in [3.05, 3.63) is 35.8 Å². The zero-order chi connectivity index (χ0) is 14.9. The number of hydrogen-bond acceptors (Lipinski definition) is 1. The topological polar surface area (TPSA) is 56.3 Å². The molecule has 0 atom stereocenters. The molecule has 2 aromatic rings. The molecule has 0 aliphatic rings. The lowest BCUT2D eigenvalue weighted by Gasteiger charge is -2.33. The van der Waals surface area contributed by atoms with E-state index in [9.17, 15) is 14.3 Å². The summed E-state index contributed by atoms with van der Waals surface area (Å²) in [6.07, 6.45) is 1.35. The van der Waals surface area contributed by atoms with Crippen molar-refractivity contribution in [2.75, 3.05) is 6.54 Å². The first-order valence-electron chi connectivity index (χ1n) is 6.56. The van der Waals surface area contributed by atoms with E-state index in [1.165, 1.54) is 11.0 Å². The number of carboxylic acid groups (broad SMARTS) is 1. The van der Waals surface area contributed by atoms with Gasteiger partial charge in [0.1, 0.15) is 5.82 Å². The minimum absolute atomic E-state index is 0.292. The molecule has 1 heterocycles. The van der Waals surface area contributed by atoms with E-state index in [-0.39, 0.29) is 5.82 Å². The third-order valence-corrected chi connectivity index (χ3v) is 3.40. The van der Waals surface area contributed by atoms with Crippen LogP contribution in [0, 0.1) is 5.82 Å². The lowest BCUT2D eigenvalue weighted by Crippen LogP contribution is -2.45. The minimum Gasteiger partial charge on any atom is -0.465 e. The molecule has 0 saturated carbocycles. The Hall–Kier alpha value is -2.04. The van der Waals surface area contributed by atoms with Crippen LogP contribution in [0.2, 0.25) is 0 Å². The van der Waals surface area contributed by atoms with E-state index in [4.69, 9.17) is 0 Å². The number of benzene rings is 1. The largest absolute Gasteiger partial charge is 0.465 e. The highest BCUT2D eigenvalue weighted by molar-refractivity contribution is 5.83. The molecule has 2 rings (SSSR count). The van der Waals surface area contributed by atoms with Gasteiger partial charge in [-0.15, -0.1) is 0 Å². The van der Waals surface area contributed by atoms with Gasteiger partial charge in [0.05, 0.1) is 5.52 Å². The molecule has 4 nitrogen and oxygen atoms in total. The lowest BCUT2D eigenvalue weighted by atomic mass is 10.0. The highest BCUT2D eigenvalue weighted by Crippen LogP contribution is 2.22. The molecule has 20 heavy (non-hydrogen) atoms. The summed E-state index contributed by atoms with van der Waals surface area (Å²) in [5.41, 5.74) is 0.943. The van der Waals surface area contributed by atoms with E-state index in [0.717, 1.165) is 10.9 Å². The van der Waals surface area contributed by atoms with Crippen molar-refractivity contribution in [3.8, 4) is 0 Å². The molecule has 2 N–H and O–H groups in total. The predicted molar refractivity (Wildman–Crippen MR) is 76.4 cm³/mol. The van der Waals surface area contributed by atoms with Crippen LogP contribution in [-0.4, -0.2) is 33.2 Å². The monoisotopic (exact) mass is 278 g/mol. The number of hydrogen-bond donors (Lipinski definition) is 2. The molecular formula is C15H19FN2O2. The number of halogens is 1. The van der Waals surface area contributed by atoms with Crippen LogP contribution in [0.15, 0.2) is 24.4 Å². The Kier molecular flexibility index (Phi) is 3.70. The van der Waals surface area contributed by atoms with Crippen LogP contribution in [0.5, 0.6) is 0 Å². The predicted octanol–water partition coefficient (Wildman–Crippen LogP) is 3.63. The summed E-state index contributed by atoms with van der Waals surface area (Å²) in [6.45, 7) is 5.95. The van der Waals surface area contributed by atoms with Gasteiger partial charge in [-0.3, -0.25) is 0 Å². The van der Waals surface area contributed by atoms with Crippen LogP contribution in [0.25, 0.3) is 10.9 Å². The second-order valence-electron chi connectivity index (χ2n) is 5.83. The lowest BCUT2D eigenvalue weighted by molar-refractivity contribution is 0.101. The van der Waals surface area contributed by atoms with Gasteiger partial charge in [-0.1, -0.05) is 12.1 Å². The number of nitrogens with one attached hydrogen (secondary N) is 1. The van der Waals surface area contributed by atoms with Crippen molar-refractivity contribution in [1.82, 2.24) is 9.88 Å². The Labute approximate surface area is 117 Å². The van der Waals surface area contributed by atoms with Gasteiger partial charge < -0.3 is 15.0 Å². The van der Waals surface area contributed by atoms with Crippen LogP contribution in [0.1, 0.15) is 26.3 Å². The first kappa shape index (κ1) is 14.4. The number of carbonyl (C=O) groups is 1. The Morgan fingerprint density at radius 2 is 2.10 bits per heavy atom. The molecule has 0 saturated heterocycles. The van der Waals surface area contributed by atoms with Gasteiger partial charge in [0.2, 0.25) is 0 Å². The van der Waals surface area contributed by atoms with Crippen molar-refractivity contribution < 1.29 is 14.3 Å². The summed E-state index contributed by atoms with van der Waals surface area (Å²) < 4.78 is 13.6. The van der Waals surface area contributed by atoms with E-state index in [0.29, 0.717) is 18.5 Å². The molecule has 0 aliphatic heterocycles. The molecule has 5 heteroatoms. The van der Waals surface area contributed by atoms with Crippen molar-refractivity contribution >= 4 is 17.0 Å². The Morgan fingerprint density at radius 1 is 1.40 bits per heavy atom. The summed E-state index contributed by atoms with van der Waals surface area (Å²) in [7, 11) is 0. The van der Waals surface area contributed by atoms with Crippen LogP contribution in [0.3, 0.4) is 0 Å². The maximum Gasteiger partial charge on any atom is 0.407 e. The van der Waals surface area contributed by atoms with Crippen molar-refractivity contribution in [2.45, 2.75) is 32.7 Å². The van der Waals surface area contributed by atoms with Crippen LogP contribution < -0.4 is 0 Å². The molecule has 108 valence electrons. The van der Waals surface area contributed by atoms with Gasteiger partial charge in [-0.2, -0.15) is 0 Å². The molecule has 0 radical (unpaired) electrons. The fourth-order valence-electron chi connectivity index (χ4n) is 2.33. The Bertz CT molecular complexity index is 628. The Morgan fingerprint density at radius 3 is 2.70 bits per heavy atom. The van der Waals surface area contributed by atoms with Gasteiger partial charge in [0, 0.05) is 23.7 Å². The van der Waals surface area contributed by atoms with E-state index in [1.807, 2.05) is 26.8 Å². The summed E-state index contributed by atoms with van der Waals surface area (Å²) in [5.74, 6) is -0.292. The number of amides is 1. The molecule has 0 aliphatic carbocycles. The summed E-state index contributed by atoms with van der Waals surface area (Å²) in [4.78, 5) is 15.6. The van der Waals surface area contributed by atoms with E-state index in [2.05, 4.69) is 4.98 Å². The Balaban J connectivity index is 2.21. The van der Waals surface area contributed by atoms with Crippen LogP contribution in [-0.2, 0) is 6.42 Å². The average Bonchev–Trinajstić information content (AvgIpc) is 2.72. The smallest absolute Gasteiger partial charge is 0.407 e. The quantitative estimate of drug-likeness (QED) is 0.900. The number of H-pyrrole nitrogens is 1. The standard InChI is InChI=1S/C15H19FN2O2/c1-15(2,3)18(14(19)20)8-7-10-9-17-13-11(10)5-4-6-12(13)16/h4-6,9,17H,7-8H2,1-3H3,(H,19,20). The maximum absolute atomic E-state index is 13.6. The minimum atomic E-state index is -0.941. The third kappa shape index (κ3) is 2.76. The van der Waals surface area contributed by atoms with Gasteiger partial charge in [0.15, 0.2) is 0 Å². The SMILES string of the molecule is CC(C)(C)N(CCc1c[nH]c2c(F)cccc12)C(=O)O. The normalized spacial score (nSPS) is 11.8. The van der Waals surface area contributed by atoms with Crippen LogP contribution >= 0.6 is 0 Å². The summed E-state index contributed by atoms with van der Waals surface area (Å²) in [5, 5.41) is 10.1. The van der Waals surface area contributed by atoms with Crippen molar-refractivity contribution in [3.63, 3.8) is 0 Å². The zero-order valence-corrected chi connectivity index (χ0v) is 11.9. The van der Waals surface area contributed by atoms with Gasteiger partial charge in [0.25, 0.3) is 0 Å². The van der Waals surface area contributed by atoms with Crippen LogP contribution in [0.4, 0.5) is 9.18 Å². The number of para-hydroxylation sites is 1. The number of aromatic nitrogens is 1. The average molecular weight is 278 g/mol. The second kappa shape index (κ2) is 5.15. The number of aromatic amines is 1. The number of nitrogens with zero attached hydrogens (tertiary/aromatic N) is 1. The second-order valence-corrected chi connectivity index (χ2v) is 5.83. The van der Waals surface area contributed by atoms with Gasteiger partial charge in [-0.05, 0) is 38.8 Å². The van der Waals surface area contributed by atoms with E-state index < -0.39 is 11.6 Å². The molecule has 0 fully saturated rings. The number of rotatable bonds is 3. The highest BCUT2D eigenvalue weighted by Gasteiger charge is 2.25. The molecular weight excluding hydrogens is 259 g/mol. The fourth-order valence-corrected chi connectivity index (χ4v) is 2.33. The van der Waals surface area contributed by atoms with E-state index in [1.54, 1.807) is 12.3 Å². The van der Waals surface area contributed by atoms with Gasteiger partial charge in [-0.25, -0.2) is 9.18 Å². The first-order valence-corrected chi connectivity index (χ1v) is 6.56. The molecule has 1 amide bonds. The maximum atomic E-state index is 13.6. The molecule has 0 bridgehead atoms. The van der Waals surface area contributed by atoms with Gasteiger partial charge >= 0.3 is 6.09 Å². The first-order chi connectivity index (χ1) is 9.30. The third-order valence-electron chi connectivity index (χ3n) is 3.40. The molecule has 0 spiro atoms. The van der Waals surface area contributed by atoms with Crippen molar-refractivity contribution in [1.29, 1.82) is 0 Å². The number of fused-ring (bicyclic) bond motifs is 1. The summed E-state index contributed by atoms with van der Waals surface area (Å²) >= 11 is 0. The molecule has 1 aromatic carbocycles. The summed E-state index contributed by atoms with van der Waals surface area (Å²) in [6, 6.07) is 4.90. The van der Waals surface area contributed by atoms with E-state index >= 15 is 0 Å². The zero-order valence-electron chi connectivity index (χ0n) is 11.9. The fraction of sp³-hybridized carbons (Fsp3) is 0.400. The molecule has 0 unspecified atom stereocenters. The van der Waals surface area contributed by atoms with Crippen molar-refractivity contribution in [2.24, 2.45) is 0 Å². The molecule has 1 aromatic heterocycles.